The zero-order valence-electron chi connectivity index (χ0n) is 15.3. The van der Waals surface area contributed by atoms with E-state index in [1.807, 2.05) is 41.0 Å². The molecule has 0 aliphatic heterocycles. The molecule has 27 heavy (non-hydrogen) atoms. The van der Waals surface area contributed by atoms with Crippen molar-refractivity contribution in [3.8, 4) is 11.4 Å². The van der Waals surface area contributed by atoms with E-state index < -0.39 is 0 Å². The van der Waals surface area contributed by atoms with E-state index in [1.54, 1.807) is 12.1 Å². The maximum Gasteiger partial charge on any atom is 0.261 e. The van der Waals surface area contributed by atoms with Crippen LogP contribution < -0.4 is 11.3 Å². The molecule has 0 radical (unpaired) electrons. The lowest BCUT2D eigenvalue weighted by molar-refractivity contribution is 0.246. The molecule has 140 valence electrons. The van der Waals surface area contributed by atoms with Gasteiger partial charge in [0.2, 0.25) is 0 Å². The second-order valence-electron chi connectivity index (χ2n) is 7.51. The smallest absolute Gasteiger partial charge is 0.261 e. The van der Waals surface area contributed by atoms with Gasteiger partial charge in [0.1, 0.15) is 5.82 Å². The van der Waals surface area contributed by atoms with Crippen molar-refractivity contribution in [2.75, 3.05) is 6.54 Å². The Morgan fingerprint density at radius 1 is 1.11 bits per heavy atom. The van der Waals surface area contributed by atoms with Gasteiger partial charge in [-0.2, -0.15) is 0 Å². The van der Waals surface area contributed by atoms with Crippen molar-refractivity contribution >= 4 is 22.5 Å². The number of hydrogen-bond acceptors (Lipinski definition) is 3. The highest BCUT2D eigenvalue weighted by molar-refractivity contribution is 6.31. The normalized spacial score (nSPS) is 20.1. The second kappa shape index (κ2) is 7.83. The van der Waals surface area contributed by atoms with Gasteiger partial charge in [-0.3, -0.25) is 9.36 Å². The van der Waals surface area contributed by atoms with Crippen LogP contribution in [0.25, 0.3) is 22.3 Å². The number of aromatic nitrogens is 2. The van der Waals surface area contributed by atoms with Gasteiger partial charge in [0.15, 0.2) is 0 Å². The lowest BCUT2D eigenvalue weighted by Crippen LogP contribution is -2.30. The standard InChI is InChI=1S/C22H24ClN3O/c23-18-9-10-20-19(12-18)22(27)26(14-16-6-4-5-15(11-16)13-24)21(25-20)17-7-2-1-3-8-17/h1-3,7-10,12,15-16H,4-6,11,13-14,24H2. The van der Waals surface area contributed by atoms with Gasteiger partial charge in [0.05, 0.1) is 10.9 Å². The van der Waals surface area contributed by atoms with Gasteiger partial charge in [-0.05, 0) is 55.8 Å². The van der Waals surface area contributed by atoms with Crippen LogP contribution in [0.1, 0.15) is 25.7 Å². The Labute approximate surface area is 164 Å². The molecule has 0 bridgehead atoms. The number of rotatable bonds is 4. The average Bonchev–Trinajstić information content (AvgIpc) is 2.71. The minimum Gasteiger partial charge on any atom is -0.330 e. The van der Waals surface area contributed by atoms with Crippen LogP contribution in [-0.2, 0) is 6.54 Å². The molecule has 2 aromatic carbocycles. The van der Waals surface area contributed by atoms with Crippen LogP contribution in [0.5, 0.6) is 0 Å². The minimum atomic E-state index is -0.0174. The molecule has 1 fully saturated rings. The van der Waals surface area contributed by atoms with Crippen LogP contribution in [0.4, 0.5) is 0 Å². The quantitative estimate of drug-likeness (QED) is 0.724. The summed E-state index contributed by atoms with van der Waals surface area (Å²) < 4.78 is 1.84. The molecule has 4 nitrogen and oxygen atoms in total. The fraction of sp³-hybridized carbons (Fsp3) is 0.364. The Hall–Kier alpha value is -2.17. The molecule has 2 atom stereocenters. The molecule has 1 aromatic heterocycles. The van der Waals surface area contributed by atoms with Crippen molar-refractivity contribution < 1.29 is 0 Å². The van der Waals surface area contributed by atoms with E-state index >= 15 is 0 Å². The highest BCUT2D eigenvalue weighted by Crippen LogP contribution is 2.30. The summed E-state index contributed by atoms with van der Waals surface area (Å²) in [6, 6.07) is 15.3. The molecular weight excluding hydrogens is 358 g/mol. The number of fused-ring (bicyclic) bond motifs is 1. The zero-order chi connectivity index (χ0) is 18.8. The van der Waals surface area contributed by atoms with Gasteiger partial charge in [-0.25, -0.2) is 4.98 Å². The van der Waals surface area contributed by atoms with E-state index in [0.29, 0.717) is 34.3 Å². The number of nitrogens with zero attached hydrogens (tertiary/aromatic N) is 2. The summed E-state index contributed by atoms with van der Waals surface area (Å²) >= 11 is 6.14. The molecule has 2 N–H and O–H groups in total. The molecule has 0 spiro atoms. The van der Waals surface area contributed by atoms with Crippen LogP contribution in [0.3, 0.4) is 0 Å². The maximum atomic E-state index is 13.3. The van der Waals surface area contributed by atoms with Gasteiger partial charge in [0, 0.05) is 17.1 Å². The Kier molecular flexibility index (Phi) is 5.28. The van der Waals surface area contributed by atoms with Crippen molar-refractivity contribution in [3.05, 3.63) is 63.9 Å². The summed E-state index contributed by atoms with van der Waals surface area (Å²) in [4.78, 5) is 18.2. The zero-order valence-corrected chi connectivity index (χ0v) is 16.0. The molecular formula is C22H24ClN3O. The molecule has 3 aromatic rings. The lowest BCUT2D eigenvalue weighted by atomic mass is 9.81. The molecule has 5 heteroatoms. The van der Waals surface area contributed by atoms with Gasteiger partial charge in [-0.15, -0.1) is 0 Å². The minimum absolute atomic E-state index is 0.0174. The topological polar surface area (TPSA) is 60.9 Å². The monoisotopic (exact) mass is 381 g/mol. The van der Waals surface area contributed by atoms with E-state index in [4.69, 9.17) is 22.3 Å². The third-order valence-corrected chi connectivity index (χ3v) is 5.85. The van der Waals surface area contributed by atoms with Gasteiger partial charge < -0.3 is 5.73 Å². The van der Waals surface area contributed by atoms with Crippen molar-refractivity contribution in [1.29, 1.82) is 0 Å². The van der Waals surface area contributed by atoms with Crippen LogP contribution in [0.15, 0.2) is 53.3 Å². The SMILES string of the molecule is NCC1CCCC(Cn2c(-c3ccccc3)nc3ccc(Cl)cc3c2=O)C1. The first kappa shape index (κ1) is 18.2. The fourth-order valence-electron chi connectivity index (χ4n) is 4.21. The highest BCUT2D eigenvalue weighted by Gasteiger charge is 2.23. The van der Waals surface area contributed by atoms with E-state index in [0.717, 1.165) is 30.8 Å². The summed E-state index contributed by atoms with van der Waals surface area (Å²) in [5, 5.41) is 1.13. The van der Waals surface area contributed by atoms with E-state index in [-0.39, 0.29) is 5.56 Å². The van der Waals surface area contributed by atoms with Crippen molar-refractivity contribution in [3.63, 3.8) is 0 Å². The van der Waals surface area contributed by atoms with Crippen molar-refractivity contribution in [1.82, 2.24) is 9.55 Å². The van der Waals surface area contributed by atoms with Crippen LogP contribution in [-0.4, -0.2) is 16.1 Å². The van der Waals surface area contributed by atoms with E-state index in [1.165, 1.54) is 12.8 Å². The summed E-state index contributed by atoms with van der Waals surface area (Å²) in [5.74, 6) is 1.73. The first-order valence-corrected chi connectivity index (χ1v) is 9.99. The molecule has 1 heterocycles. The summed E-state index contributed by atoms with van der Waals surface area (Å²) in [7, 11) is 0. The molecule has 1 aliphatic carbocycles. The molecule has 0 saturated heterocycles. The largest absolute Gasteiger partial charge is 0.330 e. The summed E-state index contributed by atoms with van der Waals surface area (Å²) in [6.07, 6.45) is 4.57. The van der Waals surface area contributed by atoms with Gasteiger partial charge in [0.25, 0.3) is 5.56 Å². The highest BCUT2D eigenvalue weighted by atomic mass is 35.5. The number of nitrogens with two attached hydrogens (primary N) is 1. The molecule has 2 unspecified atom stereocenters. The maximum absolute atomic E-state index is 13.3. The van der Waals surface area contributed by atoms with Crippen molar-refractivity contribution in [2.24, 2.45) is 17.6 Å². The Balaban J connectivity index is 1.83. The van der Waals surface area contributed by atoms with Gasteiger partial charge >= 0.3 is 0 Å². The Bertz CT molecular complexity index is 1000. The Morgan fingerprint density at radius 3 is 2.67 bits per heavy atom. The van der Waals surface area contributed by atoms with E-state index in [9.17, 15) is 4.79 Å². The van der Waals surface area contributed by atoms with Gasteiger partial charge in [-0.1, -0.05) is 48.4 Å². The molecule has 1 aliphatic rings. The number of benzene rings is 2. The van der Waals surface area contributed by atoms with Crippen LogP contribution >= 0.6 is 11.6 Å². The number of hydrogen-bond donors (Lipinski definition) is 1. The average molecular weight is 382 g/mol. The summed E-state index contributed by atoms with van der Waals surface area (Å²) in [5.41, 5.74) is 7.53. The number of halogens is 1. The molecule has 0 amide bonds. The molecule has 4 rings (SSSR count). The predicted molar refractivity (Wildman–Crippen MR) is 111 cm³/mol. The first-order valence-electron chi connectivity index (χ1n) is 9.61. The fourth-order valence-corrected chi connectivity index (χ4v) is 4.38. The second-order valence-corrected chi connectivity index (χ2v) is 7.95. The summed E-state index contributed by atoms with van der Waals surface area (Å²) in [6.45, 7) is 1.40. The third-order valence-electron chi connectivity index (χ3n) is 5.61. The lowest BCUT2D eigenvalue weighted by Gasteiger charge is -2.29. The van der Waals surface area contributed by atoms with Crippen LogP contribution in [0.2, 0.25) is 5.02 Å². The van der Waals surface area contributed by atoms with Crippen LogP contribution in [0, 0.1) is 11.8 Å². The van der Waals surface area contributed by atoms with E-state index in [2.05, 4.69) is 0 Å². The molecule has 1 saturated carbocycles. The Morgan fingerprint density at radius 2 is 1.89 bits per heavy atom. The van der Waals surface area contributed by atoms with Crippen molar-refractivity contribution in [2.45, 2.75) is 32.2 Å². The predicted octanol–water partition coefficient (Wildman–Crippen LogP) is 4.48. The third kappa shape index (κ3) is 3.78. The first-order chi connectivity index (χ1) is 13.2.